The van der Waals surface area contributed by atoms with Crippen molar-refractivity contribution in [1.29, 1.82) is 0 Å². The second-order valence-corrected chi connectivity index (χ2v) is 7.33. The molecule has 1 aromatic rings. The lowest BCUT2D eigenvalue weighted by atomic mass is 10.2. The SMILES string of the molecule is CS(=O)(=O)Nc1cccc(C(=O)OCC(=O)NC2CCCC2)c1. The monoisotopic (exact) mass is 340 g/mol. The molecule has 0 bridgehead atoms. The second kappa shape index (κ2) is 7.45. The predicted molar refractivity (Wildman–Crippen MR) is 85.6 cm³/mol. The Labute approximate surface area is 135 Å². The Kier molecular flexibility index (Phi) is 5.59. The number of amides is 1. The van der Waals surface area contributed by atoms with Crippen LogP contribution in [0.3, 0.4) is 0 Å². The molecule has 0 spiro atoms. The van der Waals surface area contributed by atoms with Gasteiger partial charge in [-0.15, -0.1) is 0 Å². The van der Waals surface area contributed by atoms with Gasteiger partial charge in [0.15, 0.2) is 6.61 Å². The van der Waals surface area contributed by atoms with Gasteiger partial charge in [0, 0.05) is 11.7 Å². The van der Waals surface area contributed by atoms with Gasteiger partial charge in [0.1, 0.15) is 0 Å². The van der Waals surface area contributed by atoms with Crippen LogP contribution in [0.5, 0.6) is 0 Å². The number of hydrogen-bond acceptors (Lipinski definition) is 5. The van der Waals surface area contributed by atoms with Crippen LogP contribution in [-0.4, -0.2) is 39.2 Å². The highest BCUT2D eigenvalue weighted by molar-refractivity contribution is 7.92. The van der Waals surface area contributed by atoms with Gasteiger partial charge in [-0.05, 0) is 31.0 Å². The van der Waals surface area contributed by atoms with Crippen LogP contribution in [0.15, 0.2) is 24.3 Å². The molecule has 1 aliphatic rings. The van der Waals surface area contributed by atoms with Gasteiger partial charge in [0.2, 0.25) is 10.0 Å². The van der Waals surface area contributed by atoms with Gasteiger partial charge < -0.3 is 10.1 Å². The number of ether oxygens (including phenoxy) is 1. The minimum atomic E-state index is -3.43. The molecule has 7 nitrogen and oxygen atoms in total. The van der Waals surface area contributed by atoms with Crippen molar-refractivity contribution in [1.82, 2.24) is 5.32 Å². The summed E-state index contributed by atoms with van der Waals surface area (Å²) in [5.41, 5.74) is 0.435. The molecular formula is C15H20N2O5S. The number of anilines is 1. The van der Waals surface area contributed by atoms with Crippen molar-refractivity contribution >= 4 is 27.6 Å². The Hall–Kier alpha value is -2.09. The summed E-state index contributed by atoms with van der Waals surface area (Å²) in [6.07, 6.45) is 5.14. The summed E-state index contributed by atoms with van der Waals surface area (Å²) in [5.74, 6) is -1.00. The van der Waals surface area contributed by atoms with E-state index in [1.165, 1.54) is 24.3 Å². The van der Waals surface area contributed by atoms with Crippen LogP contribution < -0.4 is 10.0 Å². The van der Waals surface area contributed by atoms with Crippen LogP contribution in [0.1, 0.15) is 36.0 Å². The highest BCUT2D eigenvalue weighted by Crippen LogP contribution is 2.17. The summed E-state index contributed by atoms with van der Waals surface area (Å²) in [4.78, 5) is 23.6. The van der Waals surface area contributed by atoms with E-state index in [0.29, 0.717) is 0 Å². The summed E-state index contributed by atoms with van der Waals surface area (Å²) in [7, 11) is -3.43. The molecule has 0 atom stereocenters. The second-order valence-electron chi connectivity index (χ2n) is 5.58. The smallest absolute Gasteiger partial charge is 0.338 e. The summed E-state index contributed by atoms with van der Waals surface area (Å²) < 4.78 is 29.6. The first-order valence-electron chi connectivity index (χ1n) is 7.38. The van der Waals surface area contributed by atoms with Crippen molar-refractivity contribution in [3.63, 3.8) is 0 Å². The standard InChI is InChI=1S/C15H20N2O5S/c1-23(20,21)17-13-8-4-5-11(9-13)15(19)22-10-14(18)16-12-6-2-3-7-12/h4-5,8-9,12,17H,2-3,6-7,10H2,1H3,(H,16,18). The number of nitrogens with one attached hydrogen (secondary N) is 2. The van der Waals surface area contributed by atoms with Crippen LogP contribution in [0.2, 0.25) is 0 Å². The first-order chi connectivity index (χ1) is 10.8. The Morgan fingerprint density at radius 2 is 1.96 bits per heavy atom. The van der Waals surface area contributed by atoms with E-state index in [2.05, 4.69) is 10.0 Å². The summed E-state index contributed by atoms with van der Waals surface area (Å²) in [6, 6.07) is 6.07. The summed E-state index contributed by atoms with van der Waals surface area (Å²) in [6.45, 7) is -0.348. The van der Waals surface area contributed by atoms with Gasteiger partial charge in [-0.25, -0.2) is 13.2 Å². The number of carbonyl (C=O) groups is 2. The molecule has 1 aliphatic carbocycles. The van der Waals surface area contributed by atoms with Gasteiger partial charge in [0.05, 0.1) is 11.8 Å². The maximum absolute atomic E-state index is 11.9. The molecule has 0 saturated heterocycles. The van der Waals surface area contributed by atoms with Crippen molar-refractivity contribution in [3.05, 3.63) is 29.8 Å². The van der Waals surface area contributed by atoms with Crippen LogP contribution >= 0.6 is 0 Å². The van der Waals surface area contributed by atoms with Crippen molar-refractivity contribution in [2.45, 2.75) is 31.7 Å². The molecule has 1 fully saturated rings. The quantitative estimate of drug-likeness (QED) is 0.760. The third-order valence-corrected chi connectivity index (χ3v) is 4.06. The fourth-order valence-corrected chi connectivity index (χ4v) is 3.03. The zero-order chi connectivity index (χ0) is 16.9. The average molecular weight is 340 g/mol. The molecule has 126 valence electrons. The number of carbonyl (C=O) groups excluding carboxylic acids is 2. The predicted octanol–water partition coefficient (Wildman–Crippen LogP) is 1.27. The van der Waals surface area contributed by atoms with Crippen molar-refractivity contribution < 1.29 is 22.7 Å². The molecule has 1 amide bonds. The molecule has 0 unspecified atom stereocenters. The van der Waals surface area contributed by atoms with E-state index in [4.69, 9.17) is 4.74 Å². The van der Waals surface area contributed by atoms with E-state index in [1.807, 2.05) is 0 Å². The third kappa shape index (κ3) is 5.90. The number of sulfonamides is 1. The Morgan fingerprint density at radius 3 is 2.61 bits per heavy atom. The Bertz CT molecular complexity index is 681. The Balaban J connectivity index is 1.87. The van der Waals surface area contributed by atoms with E-state index in [-0.39, 0.29) is 29.8 Å². The minimum absolute atomic E-state index is 0.170. The van der Waals surface area contributed by atoms with Gasteiger partial charge in [-0.3, -0.25) is 9.52 Å². The van der Waals surface area contributed by atoms with E-state index >= 15 is 0 Å². The lowest BCUT2D eigenvalue weighted by Gasteiger charge is -2.12. The number of benzene rings is 1. The molecule has 8 heteroatoms. The maximum atomic E-state index is 11.9. The topological polar surface area (TPSA) is 102 Å². The highest BCUT2D eigenvalue weighted by atomic mass is 32.2. The molecule has 1 saturated carbocycles. The fourth-order valence-electron chi connectivity index (χ4n) is 2.48. The van der Waals surface area contributed by atoms with Gasteiger partial charge in [-0.2, -0.15) is 0 Å². The number of esters is 1. The van der Waals surface area contributed by atoms with Crippen molar-refractivity contribution in [2.24, 2.45) is 0 Å². The van der Waals surface area contributed by atoms with E-state index in [0.717, 1.165) is 31.9 Å². The Morgan fingerprint density at radius 1 is 1.26 bits per heavy atom. The van der Waals surface area contributed by atoms with E-state index < -0.39 is 16.0 Å². The van der Waals surface area contributed by atoms with Gasteiger partial charge in [0.25, 0.3) is 5.91 Å². The molecule has 2 N–H and O–H groups in total. The largest absolute Gasteiger partial charge is 0.452 e. The van der Waals surface area contributed by atoms with Crippen LogP contribution in [0.4, 0.5) is 5.69 Å². The zero-order valence-corrected chi connectivity index (χ0v) is 13.7. The third-order valence-electron chi connectivity index (χ3n) is 3.46. The van der Waals surface area contributed by atoms with Crippen LogP contribution in [0, 0.1) is 0 Å². The molecule has 0 heterocycles. The van der Waals surface area contributed by atoms with Gasteiger partial charge >= 0.3 is 5.97 Å². The number of hydrogen-bond donors (Lipinski definition) is 2. The zero-order valence-electron chi connectivity index (χ0n) is 12.9. The normalized spacial score (nSPS) is 15.2. The molecule has 0 radical (unpaired) electrons. The first-order valence-corrected chi connectivity index (χ1v) is 9.27. The lowest BCUT2D eigenvalue weighted by Crippen LogP contribution is -2.35. The van der Waals surface area contributed by atoms with Crippen molar-refractivity contribution in [2.75, 3.05) is 17.6 Å². The average Bonchev–Trinajstić information content (AvgIpc) is 2.96. The molecule has 2 rings (SSSR count). The van der Waals surface area contributed by atoms with Crippen LogP contribution in [0.25, 0.3) is 0 Å². The highest BCUT2D eigenvalue weighted by Gasteiger charge is 2.18. The lowest BCUT2D eigenvalue weighted by molar-refractivity contribution is -0.124. The van der Waals surface area contributed by atoms with Crippen LogP contribution in [-0.2, 0) is 19.6 Å². The number of rotatable bonds is 6. The molecular weight excluding hydrogens is 320 g/mol. The fraction of sp³-hybridized carbons (Fsp3) is 0.467. The van der Waals surface area contributed by atoms with E-state index in [9.17, 15) is 18.0 Å². The molecule has 1 aromatic carbocycles. The molecule has 0 aliphatic heterocycles. The maximum Gasteiger partial charge on any atom is 0.338 e. The van der Waals surface area contributed by atoms with Gasteiger partial charge in [-0.1, -0.05) is 18.9 Å². The minimum Gasteiger partial charge on any atom is -0.452 e. The molecule has 23 heavy (non-hydrogen) atoms. The van der Waals surface area contributed by atoms with Crippen molar-refractivity contribution in [3.8, 4) is 0 Å². The molecule has 0 aromatic heterocycles. The van der Waals surface area contributed by atoms with E-state index in [1.54, 1.807) is 0 Å². The first kappa shape index (κ1) is 17.3. The summed E-state index contributed by atoms with van der Waals surface area (Å²) in [5, 5.41) is 2.82. The summed E-state index contributed by atoms with van der Waals surface area (Å²) >= 11 is 0.